The first kappa shape index (κ1) is 35.3. The van der Waals surface area contributed by atoms with Gasteiger partial charge in [0.25, 0.3) is 5.91 Å². The minimum atomic E-state index is -4.03. The number of carbonyl (C=O) groups excluding carboxylic acids is 2. The molecule has 3 aliphatic heterocycles. The van der Waals surface area contributed by atoms with E-state index in [-0.39, 0.29) is 46.0 Å². The maximum atomic E-state index is 15.5. The zero-order valence-electron chi connectivity index (χ0n) is 29.4. The van der Waals surface area contributed by atoms with Crippen LogP contribution >= 0.6 is 11.6 Å². The number of allylic oxidation sites excluding steroid dienone is 1. The van der Waals surface area contributed by atoms with Gasteiger partial charge in [0.05, 0.1) is 29.1 Å². The molecule has 2 amide bonds. The molecule has 12 heteroatoms. The van der Waals surface area contributed by atoms with Crippen molar-refractivity contribution >= 4 is 39.1 Å². The van der Waals surface area contributed by atoms with Crippen molar-refractivity contribution in [2.24, 2.45) is 23.7 Å². The highest BCUT2D eigenvalue weighted by Gasteiger charge is 2.55. The Bertz CT molecular complexity index is 1870. The molecule has 0 saturated heterocycles. The van der Waals surface area contributed by atoms with E-state index in [2.05, 4.69) is 15.7 Å². The van der Waals surface area contributed by atoms with Crippen molar-refractivity contribution in [3.63, 3.8) is 0 Å². The molecule has 2 aromatic rings. The molecule has 0 unspecified atom stereocenters. The summed E-state index contributed by atoms with van der Waals surface area (Å²) in [5.74, 6) is -0.576. The summed E-state index contributed by atoms with van der Waals surface area (Å²) < 4.78 is 58.1. The van der Waals surface area contributed by atoms with E-state index in [9.17, 15) is 18.0 Å². The molecule has 0 radical (unpaired) electrons. The summed E-state index contributed by atoms with van der Waals surface area (Å²) in [6, 6.07) is 8.63. The third-order valence-corrected chi connectivity index (χ3v) is 15.0. The Hall–Kier alpha value is -3.15. The molecular weight excluding hydrogens is 681 g/mol. The summed E-state index contributed by atoms with van der Waals surface area (Å²) in [7, 11) is -0.510. The number of hydrogen-bond acceptors (Lipinski definition) is 7. The molecule has 7 atom stereocenters. The van der Waals surface area contributed by atoms with E-state index in [0.29, 0.717) is 56.1 Å². The van der Waals surface area contributed by atoms with Crippen molar-refractivity contribution < 1.29 is 31.9 Å². The molecule has 2 aromatic carbocycles. The first-order valence-electron chi connectivity index (χ1n) is 17.7. The van der Waals surface area contributed by atoms with E-state index in [4.69, 9.17) is 21.1 Å². The van der Waals surface area contributed by atoms with E-state index in [1.165, 1.54) is 0 Å². The van der Waals surface area contributed by atoms with E-state index >= 15 is 4.39 Å². The smallest absolute Gasteiger partial charge is 0.264 e. The molecule has 0 aromatic heterocycles. The maximum Gasteiger partial charge on any atom is 0.264 e. The number of amides is 2. The van der Waals surface area contributed by atoms with Gasteiger partial charge >= 0.3 is 0 Å². The Morgan fingerprint density at radius 1 is 1.22 bits per heavy atom. The Kier molecular flexibility index (Phi) is 9.03. The van der Waals surface area contributed by atoms with Gasteiger partial charge in [0.2, 0.25) is 15.9 Å². The van der Waals surface area contributed by atoms with Crippen molar-refractivity contribution in [3.05, 3.63) is 69.5 Å². The number of nitrogens with zero attached hydrogens (tertiary/aromatic N) is 2. The van der Waals surface area contributed by atoms with Crippen molar-refractivity contribution in [2.75, 3.05) is 45.3 Å². The van der Waals surface area contributed by atoms with E-state index in [1.54, 1.807) is 57.2 Å². The predicted octanol–water partition coefficient (Wildman–Crippen LogP) is 5.89. The number of methoxy groups -OCH3 is 1. The molecule has 1 N–H and O–H groups in total. The summed E-state index contributed by atoms with van der Waals surface area (Å²) in [5.41, 5.74) is 2.23. The number of likely N-dealkylation sites (N-methyl/N-ethyl adjacent to an activating group) is 1. The highest BCUT2D eigenvalue weighted by Crippen LogP contribution is 2.54. The van der Waals surface area contributed by atoms with Crippen LogP contribution in [0.25, 0.3) is 0 Å². The zero-order valence-corrected chi connectivity index (χ0v) is 31.0. The van der Waals surface area contributed by atoms with Crippen LogP contribution in [0.5, 0.6) is 5.75 Å². The fraction of sp³-hybridized carbons (Fsp3) is 0.579. The van der Waals surface area contributed by atoms with Crippen LogP contribution in [-0.2, 0) is 31.4 Å². The van der Waals surface area contributed by atoms with Crippen LogP contribution in [0, 0.1) is 29.5 Å². The lowest BCUT2D eigenvalue weighted by atomic mass is 9.58. The molecule has 3 heterocycles. The molecule has 9 nitrogen and oxygen atoms in total. The summed E-state index contributed by atoms with van der Waals surface area (Å²) in [6.45, 7) is 6.93. The SMILES string of the molecule is CO[C@@]1(CN(C)C(C)=O)C2=C[C@@H](C2)[C@H](C)[C@@H](C)S(=O)(=O)NC(=O)c2ccc3c(c2)N(C[C@@H]2CC[C@H]21)C[C@@]1(CCCc2c1ccc(Cl)c2F)CO3. The van der Waals surface area contributed by atoms with Crippen LogP contribution in [0.15, 0.2) is 42.0 Å². The Labute approximate surface area is 299 Å². The van der Waals surface area contributed by atoms with Gasteiger partial charge in [-0.05, 0) is 110 Å². The van der Waals surface area contributed by atoms with Gasteiger partial charge in [-0.1, -0.05) is 30.7 Å². The average Bonchev–Trinajstić information content (AvgIpc) is 3.19. The lowest BCUT2D eigenvalue weighted by Gasteiger charge is -2.55. The molecular formula is C38H47ClFN3O6S. The van der Waals surface area contributed by atoms with Gasteiger partial charge in [-0.3, -0.25) is 9.59 Å². The lowest BCUT2D eigenvalue weighted by molar-refractivity contribution is -0.138. The van der Waals surface area contributed by atoms with Crippen LogP contribution in [0.1, 0.15) is 74.4 Å². The Morgan fingerprint density at radius 2 is 1.98 bits per heavy atom. The predicted molar refractivity (Wildman–Crippen MR) is 191 cm³/mol. The number of rotatable bonds is 3. The van der Waals surface area contributed by atoms with Gasteiger partial charge in [-0.15, -0.1) is 0 Å². The number of carbonyl (C=O) groups is 2. The third kappa shape index (κ3) is 5.71. The largest absolute Gasteiger partial charge is 0.490 e. The quantitative estimate of drug-likeness (QED) is 0.394. The number of nitrogens with one attached hydrogen (secondary N) is 1. The molecule has 1 saturated carbocycles. The molecule has 1 fully saturated rings. The fourth-order valence-corrected chi connectivity index (χ4v) is 10.8. The van der Waals surface area contributed by atoms with E-state index < -0.39 is 32.2 Å². The summed E-state index contributed by atoms with van der Waals surface area (Å²) in [5, 5.41) is -0.731. The Morgan fingerprint density at radius 3 is 2.66 bits per heavy atom. The molecule has 4 bridgehead atoms. The summed E-state index contributed by atoms with van der Waals surface area (Å²) in [6.07, 6.45) is 6.78. The number of ether oxygens (including phenoxy) is 2. The minimum absolute atomic E-state index is 0.0240. The summed E-state index contributed by atoms with van der Waals surface area (Å²) in [4.78, 5) is 30.2. The van der Waals surface area contributed by atoms with Gasteiger partial charge in [-0.25, -0.2) is 17.5 Å². The molecule has 1 spiro atoms. The first-order chi connectivity index (χ1) is 23.7. The highest BCUT2D eigenvalue weighted by molar-refractivity contribution is 7.90. The van der Waals surface area contributed by atoms with Crippen LogP contribution < -0.4 is 14.4 Å². The second kappa shape index (κ2) is 12.8. The van der Waals surface area contributed by atoms with Crippen molar-refractivity contribution in [1.82, 2.24) is 9.62 Å². The normalized spacial score (nSPS) is 32.9. The van der Waals surface area contributed by atoms with E-state index in [0.717, 1.165) is 36.8 Å². The maximum absolute atomic E-state index is 15.5. The van der Waals surface area contributed by atoms with Gasteiger partial charge in [-0.2, -0.15) is 0 Å². The van der Waals surface area contributed by atoms with Gasteiger partial charge in [0.15, 0.2) is 0 Å². The van der Waals surface area contributed by atoms with Gasteiger partial charge in [0, 0.05) is 45.1 Å². The number of sulfonamides is 1. The topological polar surface area (TPSA) is 105 Å². The second-order valence-corrected chi connectivity index (χ2v) is 17.8. The summed E-state index contributed by atoms with van der Waals surface area (Å²) >= 11 is 6.26. The molecule has 3 aliphatic carbocycles. The van der Waals surface area contributed by atoms with Gasteiger partial charge in [0.1, 0.15) is 17.2 Å². The van der Waals surface area contributed by atoms with Crippen molar-refractivity contribution in [2.45, 2.75) is 75.6 Å². The molecule has 6 aliphatic rings. The van der Waals surface area contributed by atoms with E-state index in [1.807, 2.05) is 13.0 Å². The second-order valence-electron chi connectivity index (χ2n) is 15.4. The molecule has 270 valence electrons. The van der Waals surface area contributed by atoms with Crippen molar-refractivity contribution in [3.8, 4) is 5.75 Å². The monoisotopic (exact) mass is 727 g/mol. The Balaban J connectivity index is 1.36. The number of benzene rings is 2. The molecule has 8 rings (SSSR count). The zero-order chi connectivity index (χ0) is 35.7. The number of anilines is 1. The van der Waals surface area contributed by atoms with Crippen LogP contribution in [-0.4, -0.2) is 76.4 Å². The van der Waals surface area contributed by atoms with Crippen LogP contribution in [0.4, 0.5) is 10.1 Å². The number of halogens is 2. The highest BCUT2D eigenvalue weighted by atomic mass is 35.5. The van der Waals surface area contributed by atoms with Gasteiger partial charge < -0.3 is 19.3 Å². The first-order valence-corrected chi connectivity index (χ1v) is 19.7. The minimum Gasteiger partial charge on any atom is -0.490 e. The average molecular weight is 728 g/mol. The fourth-order valence-electron chi connectivity index (χ4n) is 9.28. The number of fused-ring (bicyclic) bond motifs is 6. The standard InChI is InChI=1S/C38H47ClFN3O6S/c1-22-23(2)50(46,47)41-36(45)25-9-13-34-33(17-25)43(19-37(21-49-34)14-6-7-29-31(37)11-12-32(39)35(29)40)18-26-8-10-30(26)38(48-5,20-42(4)24(3)44)28-15-27(22)16-28/h9,11-13,15,17,22-23,26-27,30H,6-8,10,14,16,18-21H2,1-5H3,(H,41,45)/t22-,23-,26+,27+,30-,37+,38+/m1/s1. The lowest BCUT2D eigenvalue weighted by Crippen LogP contribution is -2.60. The van der Waals surface area contributed by atoms with Crippen LogP contribution in [0.3, 0.4) is 0 Å². The molecule has 50 heavy (non-hydrogen) atoms. The van der Waals surface area contributed by atoms with Crippen molar-refractivity contribution in [1.29, 1.82) is 0 Å². The van der Waals surface area contributed by atoms with Crippen LogP contribution in [0.2, 0.25) is 5.02 Å². The number of hydrogen-bond donors (Lipinski definition) is 1. The third-order valence-electron chi connectivity index (χ3n) is 12.8.